The van der Waals surface area contributed by atoms with Crippen LogP contribution in [0.25, 0.3) is 0 Å². The van der Waals surface area contributed by atoms with Crippen LogP contribution in [0.15, 0.2) is 18.2 Å². The van der Waals surface area contributed by atoms with Gasteiger partial charge in [0.15, 0.2) is 6.10 Å². The summed E-state index contributed by atoms with van der Waals surface area (Å²) in [5.41, 5.74) is 0.314. The molecule has 0 radical (unpaired) electrons. The molecule has 5 nitrogen and oxygen atoms in total. The Hall–Kier alpha value is -1.30. The van der Waals surface area contributed by atoms with Crippen LogP contribution in [0.3, 0.4) is 0 Å². The highest BCUT2D eigenvalue weighted by molar-refractivity contribution is 6.34. The van der Waals surface area contributed by atoms with Gasteiger partial charge >= 0.3 is 0 Å². The molecule has 1 rings (SSSR count). The summed E-state index contributed by atoms with van der Waals surface area (Å²) in [7, 11) is 0. The van der Waals surface area contributed by atoms with Crippen LogP contribution in [0.2, 0.25) is 10.0 Å². The molecule has 0 saturated carbocycles. The monoisotopic (exact) mass is 304 g/mol. The van der Waals surface area contributed by atoms with E-state index < -0.39 is 12.0 Å². The number of hydrogen-bond donors (Lipinski definition) is 3. The molecule has 19 heavy (non-hydrogen) atoms. The number of aliphatic hydroxyl groups excluding tert-OH is 1. The smallest absolute Gasteiger partial charge is 0.253 e. The number of rotatable bonds is 5. The lowest BCUT2D eigenvalue weighted by molar-refractivity contribution is -0.129. The molecule has 1 unspecified atom stereocenters. The molecule has 1 aromatic carbocycles. The fourth-order valence-electron chi connectivity index (χ4n) is 1.41. The zero-order valence-electron chi connectivity index (χ0n) is 10.2. The standard InChI is InChI=1S/C12H14Cl2N2O3/c1-7(17)15-2-3-16-12(19)11(18)8-4-9(13)6-10(14)5-8/h4-6,11,18H,2-3H2,1H3,(H,15,17)(H,16,19). The minimum Gasteiger partial charge on any atom is -0.378 e. The highest BCUT2D eigenvalue weighted by Crippen LogP contribution is 2.23. The normalized spacial score (nSPS) is 11.8. The summed E-state index contributed by atoms with van der Waals surface area (Å²) in [6.07, 6.45) is -1.35. The molecule has 0 fully saturated rings. The first kappa shape index (κ1) is 15.8. The molecule has 0 heterocycles. The van der Waals surface area contributed by atoms with E-state index in [1.807, 2.05) is 0 Å². The summed E-state index contributed by atoms with van der Waals surface area (Å²) in [6, 6.07) is 4.44. The summed E-state index contributed by atoms with van der Waals surface area (Å²) in [5.74, 6) is -0.764. The zero-order chi connectivity index (χ0) is 14.4. The third-order valence-electron chi connectivity index (χ3n) is 2.25. The van der Waals surface area contributed by atoms with Gasteiger partial charge in [0.1, 0.15) is 0 Å². The van der Waals surface area contributed by atoms with E-state index in [1.54, 1.807) is 0 Å². The zero-order valence-corrected chi connectivity index (χ0v) is 11.8. The van der Waals surface area contributed by atoms with Gasteiger partial charge in [0.25, 0.3) is 5.91 Å². The minimum absolute atomic E-state index is 0.184. The van der Waals surface area contributed by atoms with Gasteiger partial charge < -0.3 is 15.7 Å². The Kier molecular flexibility index (Phi) is 6.08. The average molecular weight is 305 g/mol. The van der Waals surface area contributed by atoms with E-state index in [1.165, 1.54) is 25.1 Å². The SMILES string of the molecule is CC(=O)NCCNC(=O)C(O)c1cc(Cl)cc(Cl)c1. The van der Waals surface area contributed by atoms with Gasteiger partial charge in [-0.1, -0.05) is 23.2 Å². The lowest BCUT2D eigenvalue weighted by Gasteiger charge is -2.12. The van der Waals surface area contributed by atoms with Gasteiger partial charge in [0.2, 0.25) is 5.91 Å². The molecule has 104 valence electrons. The van der Waals surface area contributed by atoms with E-state index in [4.69, 9.17) is 23.2 Å². The molecule has 3 N–H and O–H groups in total. The number of hydrogen-bond acceptors (Lipinski definition) is 3. The number of carbonyl (C=O) groups is 2. The first-order chi connectivity index (χ1) is 8.90. The summed E-state index contributed by atoms with van der Waals surface area (Å²) in [4.78, 5) is 22.3. The number of halogens is 2. The van der Waals surface area contributed by atoms with E-state index >= 15 is 0 Å². The number of carbonyl (C=O) groups excluding carboxylic acids is 2. The predicted octanol–water partition coefficient (Wildman–Crippen LogP) is 1.28. The molecule has 0 spiro atoms. The largest absolute Gasteiger partial charge is 0.378 e. The van der Waals surface area contributed by atoms with Crippen LogP contribution in [0.4, 0.5) is 0 Å². The molecule has 0 aliphatic carbocycles. The van der Waals surface area contributed by atoms with Crippen molar-refractivity contribution in [1.82, 2.24) is 10.6 Å². The van der Waals surface area contributed by atoms with Gasteiger partial charge in [-0.2, -0.15) is 0 Å². The van der Waals surface area contributed by atoms with Crippen LogP contribution in [0.1, 0.15) is 18.6 Å². The predicted molar refractivity (Wildman–Crippen MR) is 73.1 cm³/mol. The van der Waals surface area contributed by atoms with Gasteiger partial charge in [-0.15, -0.1) is 0 Å². The topological polar surface area (TPSA) is 78.4 Å². The molecule has 0 aromatic heterocycles. The van der Waals surface area contributed by atoms with Crippen molar-refractivity contribution in [1.29, 1.82) is 0 Å². The van der Waals surface area contributed by atoms with Crippen LogP contribution in [0.5, 0.6) is 0 Å². The van der Waals surface area contributed by atoms with E-state index in [2.05, 4.69) is 10.6 Å². The molecular weight excluding hydrogens is 291 g/mol. The molecule has 1 atom stereocenters. The van der Waals surface area contributed by atoms with Crippen molar-refractivity contribution in [2.75, 3.05) is 13.1 Å². The second-order valence-corrected chi connectivity index (χ2v) is 4.75. The first-order valence-corrected chi connectivity index (χ1v) is 6.32. The highest BCUT2D eigenvalue weighted by atomic mass is 35.5. The Morgan fingerprint density at radius 1 is 1.16 bits per heavy atom. The van der Waals surface area contributed by atoms with E-state index in [0.29, 0.717) is 22.2 Å². The van der Waals surface area contributed by atoms with Crippen LogP contribution in [-0.2, 0) is 9.59 Å². The number of benzene rings is 1. The van der Waals surface area contributed by atoms with Crippen molar-refractivity contribution in [3.8, 4) is 0 Å². The number of aliphatic hydroxyl groups is 1. The summed E-state index contributed by atoms with van der Waals surface area (Å²) in [5, 5.41) is 15.5. The third kappa shape index (κ3) is 5.46. The van der Waals surface area contributed by atoms with Gasteiger partial charge in [-0.25, -0.2) is 0 Å². The summed E-state index contributed by atoms with van der Waals surface area (Å²) in [6.45, 7) is 1.90. The van der Waals surface area contributed by atoms with Crippen molar-refractivity contribution in [3.05, 3.63) is 33.8 Å². The number of amides is 2. The summed E-state index contributed by atoms with van der Waals surface area (Å²) < 4.78 is 0. The first-order valence-electron chi connectivity index (χ1n) is 5.56. The highest BCUT2D eigenvalue weighted by Gasteiger charge is 2.17. The maximum atomic E-state index is 11.7. The molecule has 0 aliphatic heterocycles. The fraction of sp³-hybridized carbons (Fsp3) is 0.333. The number of nitrogens with one attached hydrogen (secondary N) is 2. The minimum atomic E-state index is -1.35. The third-order valence-corrected chi connectivity index (χ3v) is 2.68. The molecule has 1 aromatic rings. The average Bonchev–Trinajstić information content (AvgIpc) is 2.32. The molecule has 2 amide bonds. The van der Waals surface area contributed by atoms with Crippen molar-refractivity contribution in [3.63, 3.8) is 0 Å². The van der Waals surface area contributed by atoms with Gasteiger partial charge in [-0.05, 0) is 23.8 Å². The van der Waals surface area contributed by atoms with Gasteiger partial charge in [0, 0.05) is 30.1 Å². The molecule has 7 heteroatoms. The van der Waals surface area contributed by atoms with Crippen molar-refractivity contribution in [2.24, 2.45) is 0 Å². The van der Waals surface area contributed by atoms with Gasteiger partial charge in [0.05, 0.1) is 0 Å². The lowest BCUT2D eigenvalue weighted by Crippen LogP contribution is -2.36. The van der Waals surface area contributed by atoms with E-state index in [-0.39, 0.29) is 12.5 Å². The van der Waals surface area contributed by atoms with Crippen molar-refractivity contribution in [2.45, 2.75) is 13.0 Å². The van der Waals surface area contributed by atoms with Crippen molar-refractivity contribution < 1.29 is 14.7 Å². The van der Waals surface area contributed by atoms with Crippen molar-refractivity contribution >= 4 is 35.0 Å². The van der Waals surface area contributed by atoms with Crippen LogP contribution >= 0.6 is 23.2 Å². The molecule has 0 aliphatic rings. The second kappa shape index (κ2) is 7.33. The second-order valence-electron chi connectivity index (χ2n) is 3.88. The quantitative estimate of drug-likeness (QED) is 0.717. The molecule has 0 bridgehead atoms. The van der Waals surface area contributed by atoms with Crippen LogP contribution in [-0.4, -0.2) is 30.0 Å². The maximum Gasteiger partial charge on any atom is 0.253 e. The Morgan fingerprint density at radius 3 is 2.21 bits per heavy atom. The Balaban J connectivity index is 2.54. The lowest BCUT2D eigenvalue weighted by atomic mass is 10.1. The molecular formula is C12H14Cl2N2O3. The van der Waals surface area contributed by atoms with E-state index in [0.717, 1.165) is 0 Å². The Bertz CT molecular complexity index is 460. The molecule has 0 saturated heterocycles. The van der Waals surface area contributed by atoms with Gasteiger partial charge in [-0.3, -0.25) is 9.59 Å². The summed E-state index contributed by atoms with van der Waals surface area (Å²) >= 11 is 11.6. The Labute approximate surface area is 120 Å². The van der Waals surface area contributed by atoms with E-state index in [9.17, 15) is 14.7 Å². The van der Waals surface area contributed by atoms with Crippen LogP contribution < -0.4 is 10.6 Å². The van der Waals surface area contributed by atoms with Crippen LogP contribution in [0, 0.1) is 0 Å². The maximum absolute atomic E-state index is 11.7. The fourth-order valence-corrected chi connectivity index (χ4v) is 1.95. The Morgan fingerprint density at radius 2 is 1.68 bits per heavy atom.